The van der Waals surface area contributed by atoms with Crippen molar-refractivity contribution in [3.63, 3.8) is 0 Å². The molecule has 1 aliphatic carbocycles. The van der Waals surface area contributed by atoms with E-state index in [9.17, 15) is 0 Å². The minimum absolute atomic E-state index is 0.248. The van der Waals surface area contributed by atoms with Crippen LogP contribution in [0.4, 0.5) is 0 Å². The Bertz CT molecular complexity index is 583. The van der Waals surface area contributed by atoms with Crippen LogP contribution in [0.25, 0.3) is 0 Å². The maximum Gasteiger partial charge on any atom is 0.119 e. The zero-order valence-electron chi connectivity index (χ0n) is 12.0. The Labute approximate surface area is 120 Å². The molecule has 1 aromatic carbocycles. The van der Waals surface area contributed by atoms with Gasteiger partial charge < -0.3 is 10.1 Å². The molecule has 1 N–H and O–H groups in total. The molecule has 0 aliphatic heterocycles. The van der Waals surface area contributed by atoms with E-state index in [0.29, 0.717) is 6.04 Å². The number of nitrogens with one attached hydrogen (secondary N) is 1. The van der Waals surface area contributed by atoms with Crippen molar-refractivity contribution in [3.8, 4) is 5.75 Å². The molecule has 0 radical (unpaired) electrons. The van der Waals surface area contributed by atoms with Crippen LogP contribution in [0.2, 0.25) is 0 Å². The second-order valence-electron chi connectivity index (χ2n) is 5.30. The molecule has 1 aromatic heterocycles. The first kappa shape index (κ1) is 13.1. The van der Waals surface area contributed by atoms with Crippen LogP contribution in [0, 0.1) is 0 Å². The lowest BCUT2D eigenvalue weighted by molar-refractivity contribution is 0.412. The molecule has 104 valence electrons. The van der Waals surface area contributed by atoms with Crippen LogP contribution in [0.3, 0.4) is 0 Å². The van der Waals surface area contributed by atoms with Crippen LogP contribution in [0.5, 0.6) is 5.75 Å². The minimum Gasteiger partial charge on any atom is -0.497 e. The van der Waals surface area contributed by atoms with E-state index in [-0.39, 0.29) is 6.04 Å². The van der Waals surface area contributed by atoms with Gasteiger partial charge in [0.1, 0.15) is 5.75 Å². The number of pyridine rings is 1. The predicted octanol–water partition coefficient (Wildman–Crippen LogP) is 3.43. The van der Waals surface area contributed by atoms with Gasteiger partial charge in [0.2, 0.25) is 0 Å². The van der Waals surface area contributed by atoms with E-state index in [1.165, 1.54) is 11.1 Å². The maximum atomic E-state index is 5.34. The number of aryl methyl sites for hydroxylation is 1. The van der Waals surface area contributed by atoms with E-state index in [0.717, 1.165) is 24.3 Å². The molecule has 20 heavy (non-hydrogen) atoms. The van der Waals surface area contributed by atoms with Gasteiger partial charge in [0.05, 0.1) is 12.8 Å². The van der Waals surface area contributed by atoms with Gasteiger partial charge in [-0.1, -0.05) is 12.1 Å². The summed E-state index contributed by atoms with van der Waals surface area (Å²) in [5, 5.41) is 3.68. The fraction of sp³-hybridized carbons (Fsp3) is 0.353. The largest absolute Gasteiger partial charge is 0.497 e. The topological polar surface area (TPSA) is 34.1 Å². The lowest BCUT2D eigenvalue weighted by Gasteiger charge is -2.20. The molecule has 0 spiro atoms. The number of benzene rings is 1. The summed E-state index contributed by atoms with van der Waals surface area (Å²) >= 11 is 0. The lowest BCUT2D eigenvalue weighted by atomic mass is 10.1. The fourth-order valence-electron chi connectivity index (χ4n) is 2.90. The summed E-state index contributed by atoms with van der Waals surface area (Å²) in [5.41, 5.74) is 3.88. The van der Waals surface area contributed by atoms with Crippen LogP contribution < -0.4 is 10.1 Å². The lowest BCUT2D eigenvalue weighted by Crippen LogP contribution is -2.23. The highest BCUT2D eigenvalue weighted by Crippen LogP contribution is 2.35. The summed E-state index contributed by atoms with van der Waals surface area (Å²) in [5.74, 6) is 0.933. The SMILES string of the molecule is COc1ccc2c(c1)C(N[C@H](C)c1ccccn1)CC2. The molecule has 0 saturated carbocycles. The van der Waals surface area contributed by atoms with Gasteiger partial charge in [0.15, 0.2) is 0 Å². The smallest absolute Gasteiger partial charge is 0.119 e. The van der Waals surface area contributed by atoms with Crippen molar-refractivity contribution < 1.29 is 4.74 Å². The number of nitrogens with zero attached hydrogens (tertiary/aromatic N) is 1. The van der Waals surface area contributed by atoms with E-state index in [4.69, 9.17) is 4.74 Å². The van der Waals surface area contributed by atoms with Gasteiger partial charge in [0.25, 0.3) is 0 Å². The first-order chi connectivity index (χ1) is 9.78. The summed E-state index contributed by atoms with van der Waals surface area (Å²) in [6.45, 7) is 2.17. The molecule has 0 fully saturated rings. The van der Waals surface area contributed by atoms with Crippen molar-refractivity contribution in [1.29, 1.82) is 0 Å². The van der Waals surface area contributed by atoms with Crippen LogP contribution in [0.1, 0.15) is 42.2 Å². The summed E-state index contributed by atoms with van der Waals surface area (Å²) in [6, 6.07) is 13.1. The van der Waals surface area contributed by atoms with E-state index in [2.05, 4.69) is 35.4 Å². The first-order valence-electron chi connectivity index (χ1n) is 7.11. The Morgan fingerprint density at radius 3 is 2.95 bits per heavy atom. The highest BCUT2D eigenvalue weighted by molar-refractivity contribution is 5.41. The highest BCUT2D eigenvalue weighted by atomic mass is 16.5. The third kappa shape index (κ3) is 2.54. The van der Waals surface area contributed by atoms with Gasteiger partial charge >= 0.3 is 0 Å². The van der Waals surface area contributed by atoms with Gasteiger partial charge in [-0.2, -0.15) is 0 Å². The number of ether oxygens (including phenoxy) is 1. The van der Waals surface area contributed by atoms with Crippen LogP contribution in [-0.2, 0) is 6.42 Å². The van der Waals surface area contributed by atoms with E-state index < -0.39 is 0 Å². The van der Waals surface area contributed by atoms with Gasteiger partial charge in [-0.05, 0) is 55.2 Å². The van der Waals surface area contributed by atoms with Crippen molar-refractivity contribution >= 4 is 0 Å². The Morgan fingerprint density at radius 2 is 2.20 bits per heavy atom. The van der Waals surface area contributed by atoms with Gasteiger partial charge in [0, 0.05) is 18.3 Å². The third-order valence-corrected chi connectivity index (χ3v) is 4.01. The molecular formula is C17H20N2O. The molecule has 1 heterocycles. The quantitative estimate of drug-likeness (QED) is 0.922. The Hall–Kier alpha value is -1.87. The molecule has 3 rings (SSSR count). The van der Waals surface area contributed by atoms with Crippen LogP contribution in [-0.4, -0.2) is 12.1 Å². The average molecular weight is 268 g/mol. The van der Waals surface area contributed by atoms with Gasteiger partial charge in [-0.3, -0.25) is 4.98 Å². The van der Waals surface area contributed by atoms with Crippen LogP contribution in [0.15, 0.2) is 42.6 Å². The predicted molar refractivity (Wildman–Crippen MR) is 79.8 cm³/mol. The number of methoxy groups -OCH3 is 1. The van der Waals surface area contributed by atoms with Gasteiger partial charge in [-0.15, -0.1) is 0 Å². The first-order valence-corrected chi connectivity index (χ1v) is 7.11. The molecule has 2 aromatic rings. The summed E-state index contributed by atoms with van der Waals surface area (Å²) in [7, 11) is 1.72. The number of aromatic nitrogens is 1. The molecule has 3 heteroatoms. The summed E-state index contributed by atoms with van der Waals surface area (Å²) in [6.07, 6.45) is 4.12. The third-order valence-electron chi connectivity index (χ3n) is 4.01. The van der Waals surface area contributed by atoms with E-state index in [1.54, 1.807) is 7.11 Å². The summed E-state index contributed by atoms with van der Waals surface area (Å²) in [4.78, 5) is 4.42. The van der Waals surface area contributed by atoms with Crippen molar-refractivity contribution in [2.45, 2.75) is 31.8 Å². The zero-order valence-corrected chi connectivity index (χ0v) is 12.0. The van der Waals surface area contributed by atoms with Crippen molar-refractivity contribution in [2.24, 2.45) is 0 Å². The molecule has 1 unspecified atom stereocenters. The Kier molecular flexibility index (Phi) is 3.70. The second-order valence-corrected chi connectivity index (χ2v) is 5.30. The summed E-state index contributed by atoms with van der Waals surface area (Å²) < 4.78 is 5.34. The van der Waals surface area contributed by atoms with Crippen LogP contribution >= 0.6 is 0 Å². The number of hydrogen-bond acceptors (Lipinski definition) is 3. The monoisotopic (exact) mass is 268 g/mol. The van der Waals surface area contributed by atoms with Crippen molar-refractivity contribution in [2.75, 3.05) is 7.11 Å². The number of hydrogen-bond donors (Lipinski definition) is 1. The normalized spacial score (nSPS) is 18.6. The second kappa shape index (κ2) is 5.63. The maximum absolute atomic E-state index is 5.34. The fourth-order valence-corrected chi connectivity index (χ4v) is 2.90. The molecule has 1 aliphatic rings. The Balaban J connectivity index is 1.78. The standard InChI is InChI=1S/C17H20N2O/c1-12(16-5-3-4-10-18-16)19-17-9-7-13-6-8-14(20-2)11-15(13)17/h3-6,8,10-12,17,19H,7,9H2,1-2H3/t12-,17?/m1/s1. The molecule has 2 atom stereocenters. The molecule has 3 nitrogen and oxygen atoms in total. The van der Waals surface area contributed by atoms with Crippen molar-refractivity contribution in [3.05, 3.63) is 59.4 Å². The Morgan fingerprint density at radius 1 is 1.30 bits per heavy atom. The molecule has 0 amide bonds. The average Bonchev–Trinajstić information content (AvgIpc) is 2.90. The van der Waals surface area contributed by atoms with E-state index >= 15 is 0 Å². The minimum atomic E-state index is 0.248. The molecule has 0 bridgehead atoms. The molecular weight excluding hydrogens is 248 g/mol. The van der Waals surface area contributed by atoms with Gasteiger partial charge in [-0.25, -0.2) is 0 Å². The van der Waals surface area contributed by atoms with Crippen molar-refractivity contribution in [1.82, 2.24) is 10.3 Å². The molecule has 0 saturated heterocycles. The van der Waals surface area contributed by atoms with E-state index in [1.807, 2.05) is 24.4 Å². The highest BCUT2D eigenvalue weighted by Gasteiger charge is 2.24. The zero-order chi connectivity index (χ0) is 13.9. The number of fused-ring (bicyclic) bond motifs is 1. The number of rotatable bonds is 4.